The topological polar surface area (TPSA) is 110 Å². The normalized spacial score (nSPS) is 18.7. The SMILES string of the molecule is NNc1nc(N2CCCCC2C(N)=O)c2ccccc2n1. The second-order valence-electron chi connectivity index (χ2n) is 5.14. The van der Waals surface area contributed by atoms with Crippen LogP contribution in [0.2, 0.25) is 0 Å². The molecule has 0 spiro atoms. The molecule has 1 aliphatic rings. The maximum atomic E-state index is 11.7. The predicted molar refractivity (Wildman–Crippen MR) is 81.5 cm³/mol. The van der Waals surface area contributed by atoms with Crippen molar-refractivity contribution in [2.24, 2.45) is 11.6 Å². The lowest BCUT2D eigenvalue weighted by molar-refractivity contribution is -0.119. The van der Waals surface area contributed by atoms with Crippen LogP contribution in [0.15, 0.2) is 24.3 Å². The van der Waals surface area contributed by atoms with Crippen molar-refractivity contribution < 1.29 is 4.79 Å². The number of primary amides is 1. The molecule has 7 heteroatoms. The molecule has 2 heterocycles. The highest BCUT2D eigenvalue weighted by Crippen LogP contribution is 2.30. The van der Waals surface area contributed by atoms with Crippen molar-refractivity contribution in [3.63, 3.8) is 0 Å². The molecular formula is C14H18N6O. The van der Waals surface area contributed by atoms with Gasteiger partial charge < -0.3 is 10.6 Å². The molecule has 0 radical (unpaired) electrons. The Morgan fingerprint density at radius 2 is 2.10 bits per heavy atom. The van der Waals surface area contributed by atoms with Gasteiger partial charge in [-0.25, -0.2) is 10.8 Å². The second kappa shape index (κ2) is 5.53. The lowest BCUT2D eigenvalue weighted by Crippen LogP contribution is -2.48. The summed E-state index contributed by atoms with van der Waals surface area (Å²) in [5.41, 5.74) is 8.80. The van der Waals surface area contributed by atoms with E-state index in [0.717, 1.165) is 36.7 Å². The van der Waals surface area contributed by atoms with E-state index in [1.807, 2.05) is 29.2 Å². The zero-order valence-corrected chi connectivity index (χ0v) is 11.6. The number of benzene rings is 1. The lowest BCUT2D eigenvalue weighted by Gasteiger charge is -2.35. The quantitative estimate of drug-likeness (QED) is 0.567. The number of hydrazine groups is 1. The Hall–Kier alpha value is -2.41. The Kier molecular flexibility index (Phi) is 3.57. The van der Waals surface area contributed by atoms with E-state index in [1.165, 1.54) is 0 Å². The van der Waals surface area contributed by atoms with E-state index in [4.69, 9.17) is 11.6 Å². The molecule has 0 bridgehead atoms. The van der Waals surface area contributed by atoms with E-state index in [2.05, 4.69) is 15.4 Å². The minimum absolute atomic E-state index is 0.320. The lowest BCUT2D eigenvalue weighted by atomic mass is 10.0. The molecule has 1 aliphatic heterocycles. The summed E-state index contributed by atoms with van der Waals surface area (Å²) in [6.07, 6.45) is 2.75. The molecule has 21 heavy (non-hydrogen) atoms. The van der Waals surface area contributed by atoms with Crippen LogP contribution in [0.3, 0.4) is 0 Å². The van der Waals surface area contributed by atoms with Crippen LogP contribution in [-0.2, 0) is 4.79 Å². The van der Waals surface area contributed by atoms with E-state index >= 15 is 0 Å². The van der Waals surface area contributed by atoms with E-state index in [-0.39, 0.29) is 11.9 Å². The number of aromatic nitrogens is 2. The number of piperidine rings is 1. The summed E-state index contributed by atoms with van der Waals surface area (Å²) in [5.74, 6) is 6.17. The van der Waals surface area contributed by atoms with Crippen LogP contribution in [0, 0.1) is 0 Å². The summed E-state index contributed by atoms with van der Waals surface area (Å²) in [6.45, 7) is 0.749. The van der Waals surface area contributed by atoms with Crippen molar-refractivity contribution in [2.75, 3.05) is 16.9 Å². The Bertz CT molecular complexity index is 674. The van der Waals surface area contributed by atoms with Crippen LogP contribution in [0.25, 0.3) is 10.9 Å². The molecule has 5 N–H and O–H groups in total. The molecule has 1 saturated heterocycles. The average Bonchev–Trinajstić information content (AvgIpc) is 2.53. The molecule has 1 aromatic carbocycles. The van der Waals surface area contributed by atoms with E-state index < -0.39 is 0 Å². The smallest absolute Gasteiger partial charge is 0.240 e. The number of amides is 1. The first-order valence-corrected chi connectivity index (χ1v) is 7.00. The van der Waals surface area contributed by atoms with Gasteiger partial charge >= 0.3 is 0 Å². The molecule has 0 saturated carbocycles. The summed E-state index contributed by atoms with van der Waals surface area (Å²) < 4.78 is 0. The number of carbonyl (C=O) groups excluding carboxylic acids is 1. The minimum atomic E-state index is -0.331. The van der Waals surface area contributed by atoms with Crippen molar-refractivity contribution in [2.45, 2.75) is 25.3 Å². The van der Waals surface area contributed by atoms with Gasteiger partial charge in [0.15, 0.2) is 0 Å². The van der Waals surface area contributed by atoms with Crippen LogP contribution in [0.4, 0.5) is 11.8 Å². The highest BCUT2D eigenvalue weighted by Gasteiger charge is 2.29. The van der Waals surface area contributed by atoms with Crippen molar-refractivity contribution in [3.8, 4) is 0 Å². The number of para-hydroxylation sites is 1. The summed E-state index contributed by atoms with van der Waals surface area (Å²) in [5, 5.41) is 0.893. The molecule has 0 aliphatic carbocycles. The Morgan fingerprint density at radius 1 is 1.29 bits per heavy atom. The van der Waals surface area contributed by atoms with Gasteiger partial charge in [-0.1, -0.05) is 12.1 Å². The zero-order chi connectivity index (χ0) is 14.8. The van der Waals surface area contributed by atoms with Crippen LogP contribution in [-0.4, -0.2) is 28.5 Å². The number of nitrogens with one attached hydrogen (secondary N) is 1. The van der Waals surface area contributed by atoms with Gasteiger partial charge in [0.2, 0.25) is 11.9 Å². The monoisotopic (exact) mass is 286 g/mol. The first-order chi connectivity index (χ1) is 10.2. The fourth-order valence-electron chi connectivity index (χ4n) is 2.82. The number of nitrogens with zero attached hydrogens (tertiary/aromatic N) is 3. The average molecular weight is 286 g/mol. The number of hydrogen-bond donors (Lipinski definition) is 3. The number of rotatable bonds is 3. The van der Waals surface area contributed by atoms with Gasteiger partial charge in [0.05, 0.1) is 5.52 Å². The molecule has 2 aromatic rings. The highest BCUT2D eigenvalue weighted by molar-refractivity contribution is 5.93. The van der Waals surface area contributed by atoms with Gasteiger partial charge in [0.25, 0.3) is 0 Å². The van der Waals surface area contributed by atoms with Gasteiger partial charge in [0, 0.05) is 11.9 Å². The third-order valence-corrected chi connectivity index (χ3v) is 3.82. The molecule has 1 unspecified atom stereocenters. The Labute approximate surface area is 122 Å². The highest BCUT2D eigenvalue weighted by atomic mass is 16.1. The molecule has 1 fully saturated rings. The van der Waals surface area contributed by atoms with Gasteiger partial charge in [-0.2, -0.15) is 4.98 Å². The second-order valence-corrected chi connectivity index (χ2v) is 5.14. The molecule has 1 amide bonds. The summed E-state index contributed by atoms with van der Waals surface area (Å²) in [6, 6.07) is 7.33. The zero-order valence-electron chi connectivity index (χ0n) is 11.6. The van der Waals surface area contributed by atoms with Crippen LogP contribution in [0.5, 0.6) is 0 Å². The molecule has 7 nitrogen and oxygen atoms in total. The Morgan fingerprint density at radius 3 is 2.86 bits per heavy atom. The molecule has 1 atom stereocenters. The van der Waals surface area contributed by atoms with Gasteiger partial charge in [-0.15, -0.1) is 0 Å². The maximum absolute atomic E-state index is 11.7. The van der Waals surface area contributed by atoms with Crippen LogP contribution in [0.1, 0.15) is 19.3 Å². The largest absolute Gasteiger partial charge is 0.368 e. The molecule has 3 rings (SSSR count). The summed E-state index contributed by atoms with van der Waals surface area (Å²) in [7, 11) is 0. The number of carbonyl (C=O) groups is 1. The number of nitrogens with two attached hydrogens (primary N) is 2. The molecular weight excluding hydrogens is 268 g/mol. The van der Waals surface area contributed by atoms with Crippen molar-refractivity contribution in [1.82, 2.24) is 9.97 Å². The van der Waals surface area contributed by atoms with Crippen LogP contribution >= 0.6 is 0 Å². The first kappa shape index (κ1) is 13.6. The van der Waals surface area contributed by atoms with E-state index in [0.29, 0.717) is 11.8 Å². The number of fused-ring (bicyclic) bond motifs is 1. The third kappa shape index (κ3) is 2.47. The van der Waals surface area contributed by atoms with Crippen molar-refractivity contribution in [1.29, 1.82) is 0 Å². The standard InChI is InChI=1S/C14H18N6O/c15-12(21)11-7-3-4-8-20(11)13-9-5-1-2-6-10(9)17-14(18-13)19-16/h1-2,5-6,11H,3-4,7-8,16H2,(H2,15,21)(H,17,18,19). The maximum Gasteiger partial charge on any atom is 0.240 e. The van der Waals surface area contributed by atoms with Crippen molar-refractivity contribution >= 4 is 28.6 Å². The number of anilines is 2. The third-order valence-electron chi connectivity index (χ3n) is 3.82. The summed E-state index contributed by atoms with van der Waals surface area (Å²) in [4.78, 5) is 22.5. The fourth-order valence-corrected chi connectivity index (χ4v) is 2.82. The molecule has 1 aromatic heterocycles. The van der Waals surface area contributed by atoms with Gasteiger partial charge in [-0.05, 0) is 31.4 Å². The first-order valence-electron chi connectivity index (χ1n) is 7.00. The van der Waals surface area contributed by atoms with Gasteiger partial charge in [-0.3, -0.25) is 10.2 Å². The Balaban J connectivity index is 2.15. The van der Waals surface area contributed by atoms with E-state index in [1.54, 1.807) is 0 Å². The van der Waals surface area contributed by atoms with E-state index in [9.17, 15) is 4.79 Å². The number of hydrogen-bond acceptors (Lipinski definition) is 6. The molecule has 110 valence electrons. The van der Waals surface area contributed by atoms with Gasteiger partial charge in [0.1, 0.15) is 11.9 Å². The predicted octanol–water partition coefficient (Wildman–Crippen LogP) is 0.760. The fraction of sp³-hybridized carbons (Fsp3) is 0.357. The minimum Gasteiger partial charge on any atom is -0.368 e. The number of nitrogen functional groups attached to an aromatic ring is 1. The van der Waals surface area contributed by atoms with Crippen LogP contribution < -0.4 is 21.9 Å². The summed E-state index contributed by atoms with van der Waals surface area (Å²) >= 11 is 0. The van der Waals surface area contributed by atoms with Crippen molar-refractivity contribution in [3.05, 3.63) is 24.3 Å².